The van der Waals surface area contributed by atoms with Crippen LogP contribution in [0.4, 0.5) is 5.69 Å². The first-order valence-corrected chi connectivity index (χ1v) is 10.0. The van der Waals surface area contributed by atoms with Gasteiger partial charge in [0.05, 0.1) is 16.3 Å². The predicted octanol–water partition coefficient (Wildman–Crippen LogP) is 4.53. The van der Waals surface area contributed by atoms with Crippen LogP contribution in [0.15, 0.2) is 78.9 Å². The van der Waals surface area contributed by atoms with Gasteiger partial charge in [-0.2, -0.15) is 0 Å². The van der Waals surface area contributed by atoms with E-state index in [9.17, 15) is 9.59 Å². The lowest BCUT2D eigenvalue weighted by Gasteiger charge is -2.36. The van der Waals surface area contributed by atoms with E-state index in [1.165, 1.54) is 0 Å². The lowest BCUT2D eigenvalue weighted by molar-refractivity contribution is 0.0742. The first-order chi connectivity index (χ1) is 14.1. The van der Waals surface area contributed by atoms with E-state index in [1.54, 1.807) is 36.4 Å². The third-order valence-corrected chi connectivity index (χ3v) is 5.52. The molecule has 0 saturated carbocycles. The zero-order valence-corrected chi connectivity index (χ0v) is 16.7. The number of hydrogen-bond acceptors (Lipinski definition) is 3. The van der Waals surface area contributed by atoms with Gasteiger partial charge in [-0.3, -0.25) is 9.59 Å². The van der Waals surface area contributed by atoms with Crippen molar-refractivity contribution in [1.82, 2.24) is 4.90 Å². The lowest BCUT2D eigenvalue weighted by Crippen LogP contribution is -2.49. The number of ketones is 1. The van der Waals surface area contributed by atoms with Crippen molar-refractivity contribution in [2.45, 2.75) is 0 Å². The van der Waals surface area contributed by atoms with Crippen molar-refractivity contribution in [3.8, 4) is 0 Å². The highest BCUT2D eigenvalue weighted by Crippen LogP contribution is 2.26. The van der Waals surface area contributed by atoms with Gasteiger partial charge in [0.1, 0.15) is 0 Å². The number of halogens is 1. The van der Waals surface area contributed by atoms with E-state index in [2.05, 4.69) is 4.90 Å². The Balaban J connectivity index is 1.51. The summed E-state index contributed by atoms with van der Waals surface area (Å²) < 4.78 is 0. The number of benzene rings is 3. The van der Waals surface area contributed by atoms with Gasteiger partial charge in [-0.05, 0) is 18.2 Å². The Morgan fingerprint density at radius 3 is 1.97 bits per heavy atom. The van der Waals surface area contributed by atoms with Crippen LogP contribution in [-0.2, 0) is 0 Å². The molecule has 29 heavy (non-hydrogen) atoms. The van der Waals surface area contributed by atoms with Gasteiger partial charge in [0.25, 0.3) is 5.91 Å². The van der Waals surface area contributed by atoms with E-state index in [-0.39, 0.29) is 11.7 Å². The normalized spacial score (nSPS) is 14.0. The first kappa shape index (κ1) is 19.2. The first-order valence-electron chi connectivity index (χ1n) is 9.62. The zero-order valence-electron chi connectivity index (χ0n) is 15.9. The molecule has 5 heteroatoms. The van der Waals surface area contributed by atoms with E-state index >= 15 is 0 Å². The summed E-state index contributed by atoms with van der Waals surface area (Å²) in [5.41, 5.74) is 2.46. The molecule has 1 fully saturated rings. The second-order valence-electron chi connectivity index (χ2n) is 6.97. The molecule has 1 amide bonds. The Morgan fingerprint density at radius 2 is 1.28 bits per heavy atom. The topological polar surface area (TPSA) is 40.6 Å². The van der Waals surface area contributed by atoms with E-state index in [0.29, 0.717) is 47.9 Å². The van der Waals surface area contributed by atoms with Crippen LogP contribution in [0.1, 0.15) is 26.3 Å². The molecule has 1 saturated heterocycles. The fraction of sp³-hybridized carbons (Fsp3) is 0.167. The number of piperazine rings is 1. The second kappa shape index (κ2) is 8.50. The summed E-state index contributed by atoms with van der Waals surface area (Å²) in [6, 6.07) is 23.9. The Labute approximate surface area is 175 Å². The van der Waals surface area contributed by atoms with Crippen LogP contribution in [0.2, 0.25) is 5.02 Å². The Kier molecular flexibility index (Phi) is 5.63. The molecular weight excluding hydrogens is 384 g/mol. The molecule has 3 aromatic rings. The van der Waals surface area contributed by atoms with Gasteiger partial charge in [0.15, 0.2) is 5.78 Å². The highest BCUT2D eigenvalue weighted by molar-refractivity contribution is 6.33. The fourth-order valence-electron chi connectivity index (χ4n) is 3.64. The van der Waals surface area contributed by atoms with Crippen LogP contribution in [0.25, 0.3) is 0 Å². The van der Waals surface area contributed by atoms with Crippen molar-refractivity contribution in [1.29, 1.82) is 0 Å². The van der Waals surface area contributed by atoms with Gasteiger partial charge < -0.3 is 9.80 Å². The quantitative estimate of drug-likeness (QED) is 0.600. The number of para-hydroxylation sites is 1. The molecule has 1 heterocycles. The summed E-state index contributed by atoms with van der Waals surface area (Å²) >= 11 is 6.31. The molecule has 1 aliphatic rings. The fourth-order valence-corrected chi connectivity index (χ4v) is 3.90. The third-order valence-electron chi connectivity index (χ3n) is 5.20. The van der Waals surface area contributed by atoms with Crippen LogP contribution in [0, 0.1) is 0 Å². The van der Waals surface area contributed by atoms with Crippen molar-refractivity contribution in [2.75, 3.05) is 31.1 Å². The molecule has 0 aliphatic carbocycles. The summed E-state index contributed by atoms with van der Waals surface area (Å²) in [6.07, 6.45) is 0. The summed E-state index contributed by atoms with van der Waals surface area (Å²) in [7, 11) is 0. The van der Waals surface area contributed by atoms with Gasteiger partial charge in [-0.25, -0.2) is 0 Å². The van der Waals surface area contributed by atoms with Crippen LogP contribution in [-0.4, -0.2) is 42.8 Å². The maximum absolute atomic E-state index is 13.2. The zero-order chi connectivity index (χ0) is 20.2. The SMILES string of the molecule is O=C(c1ccccc1)c1ccccc1C(=O)N1CCN(c2ccccc2Cl)CC1. The van der Waals surface area contributed by atoms with Crippen LogP contribution >= 0.6 is 11.6 Å². The van der Waals surface area contributed by atoms with Crippen LogP contribution < -0.4 is 4.90 Å². The van der Waals surface area contributed by atoms with Crippen molar-refractivity contribution < 1.29 is 9.59 Å². The Morgan fingerprint density at radius 1 is 0.690 bits per heavy atom. The molecule has 146 valence electrons. The molecule has 0 N–H and O–H groups in total. The summed E-state index contributed by atoms with van der Waals surface area (Å²) in [6.45, 7) is 2.56. The third kappa shape index (κ3) is 4.03. The molecule has 3 aromatic carbocycles. The number of hydrogen-bond donors (Lipinski definition) is 0. The maximum Gasteiger partial charge on any atom is 0.254 e. The minimum Gasteiger partial charge on any atom is -0.367 e. The van der Waals surface area contributed by atoms with E-state index in [1.807, 2.05) is 47.4 Å². The molecule has 0 aromatic heterocycles. The Hall–Kier alpha value is -3.11. The smallest absolute Gasteiger partial charge is 0.254 e. The van der Waals surface area contributed by atoms with Gasteiger partial charge in [0, 0.05) is 37.3 Å². The lowest BCUT2D eigenvalue weighted by atomic mass is 9.97. The van der Waals surface area contributed by atoms with Crippen LogP contribution in [0.5, 0.6) is 0 Å². The van der Waals surface area contributed by atoms with Gasteiger partial charge in [-0.1, -0.05) is 72.3 Å². The highest BCUT2D eigenvalue weighted by atomic mass is 35.5. The molecule has 0 spiro atoms. The van der Waals surface area contributed by atoms with Crippen molar-refractivity contribution >= 4 is 29.0 Å². The monoisotopic (exact) mass is 404 g/mol. The molecular formula is C24H21ClN2O2. The molecule has 4 nitrogen and oxygen atoms in total. The standard InChI is InChI=1S/C24H21ClN2O2/c25-21-12-6-7-13-22(21)26-14-16-27(17-15-26)24(29)20-11-5-4-10-19(20)23(28)18-8-2-1-3-9-18/h1-13H,14-17H2. The van der Waals surface area contributed by atoms with E-state index in [4.69, 9.17) is 11.6 Å². The van der Waals surface area contributed by atoms with Gasteiger partial charge in [0.2, 0.25) is 0 Å². The van der Waals surface area contributed by atoms with Crippen molar-refractivity contribution in [2.24, 2.45) is 0 Å². The minimum atomic E-state index is -0.135. The number of nitrogens with zero attached hydrogens (tertiary/aromatic N) is 2. The average molecular weight is 405 g/mol. The van der Waals surface area contributed by atoms with Gasteiger partial charge in [-0.15, -0.1) is 0 Å². The molecule has 4 rings (SSSR count). The number of rotatable bonds is 4. The molecule has 0 radical (unpaired) electrons. The van der Waals surface area contributed by atoms with Gasteiger partial charge >= 0.3 is 0 Å². The number of amides is 1. The largest absolute Gasteiger partial charge is 0.367 e. The molecule has 0 bridgehead atoms. The molecule has 0 unspecified atom stereocenters. The second-order valence-corrected chi connectivity index (χ2v) is 7.38. The average Bonchev–Trinajstić information content (AvgIpc) is 2.79. The summed E-state index contributed by atoms with van der Waals surface area (Å²) in [5.74, 6) is -0.243. The number of carbonyl (C=O) groups excluding carboxylic acids is 2. The maximum atomic E-state index is 13.2. The van der Waals surface area contributed by atoms with Crippen molar-refractivity contribution in [3.63, 3.8) is 0 Å². The Bertz CT molecular complexity index is 1030. The number of carbonyl (C=O) groups is 2. The highest BCUT2D eigenvalue weighted by Gasteiger charge is 2.26. The van der Waals surface area contributed by atoms with Crippen molar-refractivity contribution in [3.05, 3.63) is 101 Å². The summed E-state index contributed by atoms with van der Waals surface area (Å²) in [4.78, 5) is 30.1. The van der Waals surface area contributed by atoms with E-state index in [0.717, 1.165) is 5.69 Å². The van der Waals surface area contributed by atoms with E-state index < -0.39 is 0 Å². The van der Waals surface area contributed by atoms with Crippen LogP contribution in [0.3, 0.4) is 0 Å². The molecule has 0 atom stereocenters. The summed E-state index contributed by atoms with van der Waals surface area (Å²) in [5, 5.41) is 0.714. The molecule has 1 aliphatic heterocycles. The minimum absolute atomic E-state index is 0.108. The number of anilines is 1. The predicted molar refractivity (Wildman–Crippen MR) is 116 cm³/mol.